The summed E-state index contributed by atoms with van der Waals surface area (Å²) in [5.41, 5.74) is 1.52. The number of nitrogens with one attached hydrogen (secondary N) is 1. The molecule has 0 saturated heterocycles. The minimum Gasteiger partial charge on any atom is -0.379 e. The molecule has 4 rings (SSSR count). The van der Waals surface area contributed by atoms with Crippen molar-refractivity contribution >= 4 is 10.0 Å². The van der Waals surface area contributed by atoms with Gasteiger partial charge in [0.2, 0.25) is 10.0 Å². The summed E-state index contributed by atoms with van der Waals surface area (Å²) < 4.78 is 29.7. The first-order valence-corrected chi connectivity index (χ1v) is 12.3. The molecule has 0 unspecified atom stereocenters. The second-order valence-electron chi connectivity index (χ2n) is 8.18. The lowest BCUT2D eigenvalue weighted by atomic mass is 9.78. The highest BCUT2D eigenvalue weighted by atomic mass is 32.2. The van der Waals surface area contributed by atoms with Gasteiger partial charge in [-0.3, -0.25) is 0 Å². The third-order valence-electron chi connectivity index (χ3n) is 5.84. The van der Waals surface area contributed by atoms with E-state index in [-0.39, 0.29) is 4.90 Å². The molecule has 1 atom stereocenters. The summed E-state index contributed by atoms with van der Waals surface area (Å²) in [6, 6.07) is 33.9. The molecule has 4 aromatic carbocycles. The van der Waals surface area contributed by atoms with Crippen LogP contribution < -0.4 is 4.72 Å². The number of aliphatic hydroxyl groups is 1. The van der Waals surface area contributed by atoms with Gasteiger partial charge in [-0.25, -0.2) is 13.1 Å². The smallest absolute Gasteiger partial charge is 0.240 e. The van der Waals surface area contributed by atoms with Gasteiger partial charge in [-0.15, -0.1) is 0 Å². The molecule has 2 N–H and O–H groups in total. The molecule has 5 heteroatoms. The predicted octanol–water partition coefficient (Wildman–Crippen LogP) is 4.82. The second kappa shape index (κ2) is 9.71. The summed E-state index contributed by atoms with van der Waals surface area (Å²) in [4.78, 5) is 0.162. The maximum absolute atomic E-state index is 13.4. The van der Waals surface area contributed by atoms with E-state index in [1.54, 1.807) is 24.3 Å². The van der Waals surface area contributed by atoms with E-state index in [9.17, 15) is 13.5 Å². The fourth-order valence-corrected chi connectivity index (χ4v) is 5.31. The van der Waals surface area contributed by atoms with Crippen LogP contribution >= 0.6 is 0 Å². The molecular formula is C28H27NO3S. The highest BCUT2D eigenvalue weighted by Crippen LogP contribution is 2.35. The van der Waals surface area contributed by atoms with E-state index in [2.05, 4.69) is 4.72 Å². The molecular weight excluding hydrogens is 430 g/mol. The van der Waals surface area contributed by atoms with Crippen molar-refractivity contribution in [2.75, 3.05) is 0 Å². The van der Waals surface area contributed by atoms with Gasteiger partial charge in [0, 0.05) is 0 Å². The van der Waals surface area contributed by atoms with Crippen LogP contribution in [-0.2, 0) is 22.0 Å². The fourth-order valence-electron chi connectivity index (χ4n) is 4.05. The lowest BCUT2D eigenvalue weighted by Crippen LogP contribution is -2.52. The van der Waals surface area contributed by atoms with Gasteiger partial charge in [-0.05, 0) is 42.2 Å². The summed E-state index contributed by atoms with van der Waals surface area (Å²) in [7, 11) is -3.91. The molecule has 0 spiro atoms. The second-order valence-corrected chi connectivity index (χ2v) is 9.89. The zero-order valence-electron chi connectivity index (χ0n) is 18.4. The molecule has 4 aromatic rings. The van der Waals surface area contributed by atoms with Gasteiger partial charge in [0.15, 0.2) is 0 Å². The van der Waals surface area contributed by atoms with Gasteiger partial charge < -0.3 is 5.11 Å². The number of hydrogen-bond acceptors (Lipinski definition) is 3. The van der Waals surface area contributed by atoms with Crippen LogP contribution in [0.3, 0.4) is 0 Å². The minimum absolute atomic E-state index is 0.162. The molecule has 0 fully saturated rings. The molecule has 33 heavy (non-hydrogen) atoms. The Morgan fingerprint density at radius 1 is 0.727 bits per heavy atom. The minimum atomic E-state index is -3.91. The van der Waals surface area contributed by atoms with Crippen LogP contribution in [0.1, 0.15) is 22.3 Å². The van der Waals surface area contributed by atoms with Gasteiger partial charge in [-0.2, -0.15) is 0 Å². The third-order valence-corrected chi connectivity index (χ3v) is 7.33. The molecule has 0 aliphatic rings. The Kier molecular flexibility index (Phi) is 6.75. The number of sulfonamides is 1. The molecule has 168 valence electrons. The molecule has 0 saturated carbocycles. The van der Waals surface area contributed by atoms with Crippen molar-refractivity contribution in [1.82, 2.24) is 4.72 Å². The van der Waals surface area contributed by atoms with Gasteiger partial charge in [0.05, 0.1) is 10.9 Å². The van der Waals surface area contributed by atoms with Crippen LogP contribution in [-0.4, -0.2) is 19.6 Å². The Bertz CT molecular complexity index is 1230. The van der Waals surface area contributed by atoms with Gasteiger partial charge in [-0.1, -0.05) is 109 Å². The molecule has 0 amide bonds. The first-order chi connectivity index (χ1) is 15.9. The first-order valence-electron chi connectivity index (χ1n) is 10.9. The monoisotopic (exact) mass is 457 g/mol. The van der Waals surface area contributed by atoms with Crippen LogP contribution in [0.25, 0.3) is 0 Å². The number of hydrogen-bond donors (Lipinski definition) is 2. The van der Waals surface area contributed by atoms with E-state index in [1.165, 1.54) is 0 Å². The lowest BCUT2D eigenvalue weighted by Gasteiger charge is -2.38. The van der Waals surface area contributed by atoms with Crippen molar-refractivity contribution in [3.05, 3.63) is 138 Å². The summed E-state index contributed by atoms with van der Waals surface area (Å²) in [6.45, 7) is 1.91. The van der Waals surface area contributed by atoms with E-state index < -0.39 is 21.7 Å². The van der Waals surface area contributed by atoms with E-state index >= 15 is 0 Å². The fraction of sp³-hybridized carbons (Fsp3) is 0.143. The first kappa shape index (κ1) is 22.9. The quantitative estimate of drug-likeness (QED) is 0.399. The van der Waals surface area contributed by atoms with Crippen LogP contribution in [0.5, 0.6) is 0 Å². The molecule has 0 aliphatic carbocycles. The number of benzene rings is 4. The van der Waals surface area contributed by atoms with Gasteiger partial charge in [0.1, 0.15) is 5.60 Å². The van der Waals surface area contributed by atoms with Crippen LogP contribution in [0.15, 0.2) is 120 Å². The van der Waals surface area contributed by atoms with Crippen molar-refractivity contribution in [3.63, 3.8) is 0 Å². The lowest BCUT2D eigenvalue weighted by molar-refractivity contribution is 0.0454. The largest absolute Gasteiger partial charge is 0.379 e. The van der Waals surface area contributed by atoms with Crippen LogP contribution in [0.4, 0.5) is 0 Å². The Balaban J connectivity index is 1.85. The zero-order chi connectivity index (χ0) is 23.3. The predicted molar refractivity (Wildman–Crippen MR) is 131 cm³/mol. The maximum Gasteiger partial charge on any atom is 0.240 e. The van der Waals surface area contributed by atoms with Crippen molar-refractivity contribution in [2.45, 2.75) is 29.9 Å². The molecule has 0 aromatic heterocycles. The molecule has 4 nitrogen and oxygen atoms in total. The van der Waals surface area contributed by atoms with Crippen LogP contribution in [0.2, 0.25) is 0 Å². The van der Waals surface area contributed by atoms with Crippen molar-refractivity contribution in [2.24, 2.45) is 0 Å². The zero-order valence-corrected chi connectivity index (χ0v) is 19.2. The van der Waals surface area contributed by atoms with E-state index in [0.717, 1.165) is 11.1 Å². The summed E-state index contributed by atoms with van der Waals surface area (Å²) in [6.07, 6.45) is 0.298. The molecule has 0 bridgehead atoms. The van der Waals surface area contributed by atoms with E-state index in [4.69, 9.17) is 0 Å². The maximum atomic E-state index is 13.4. The van der Waals surface area contributed by atoms with Gasteiger partial charge in [0.25, 0.3) is 0 Å². The standard InChI is InChI=1S/C28H27NO3S/c1-22-17-19-26(20-18-22)33(31,32)29-27(21-23-11-5-2-6-12-23)28(30,24-13-7-3-8-14-24)25-15-9-4-10-16-25/h2-20,27,29-30H,21H2,1H3/t27-/m0/s1. The molecule has 0 aliphatic heterocycles. The normalized spacial score (nSPS) is 12.9. The number of rotatable bonds is 8. The Hall–Kier alpha value is -3.25. The van der Waals surface area contributed by atoms with E-state index in [0.29, 0.717) is 17.5 Å². The summed E-state index contributed by atoms with van der Waals surface area (Å²) in [5.74, 6) is 0. The Labute approximate surface area is 195 Å². The topological polar surface area (TPSA) is 66.4 Å². The average Bonchev–Trinajstić information content (AvgIpc) is 2.85. The number of aryl methyl sites for hydroxylation is 1. The van der Waals surface area contributed by atoms with Crippen molar-refractivity contribution in [3.8, 4) is 0 Å². The Morgan fingerprint density at radius 2 is 1.18 bits per heavy atom. The third kappa shape index (κ3) is 5.06. The molecule has 0 radical (unpaired) electrons. The summed E-state index contributed by atoms with van der Waals surface area (Å²) >= 11 is 0. The van der Waals surface area contributed by atoms with Crippen molar-refractivity contribution in [1.29, 1.82) is 0 Å². The average molecular weight is 458 g/mol. The van der Waals surface area contributed by atoms with E-state index in [1.807, 2.05) is 97.9 Å². The summed E-state index contributed by atoms with van der Waals surface area (Å²) in [5, 5.41) is 12.3. The Morgan fingerprint density at radius 3 is 1.67 bits per heavy atom. The highest BCUT2D eigenvalue weighted by Gasteiger charge is 2.42. The van der Waals surface area contributed by atoms with Crippen LogP contribution in [0, 0.1) is 6.92 Å². The highest BCUT2D eigenvalue weighted by molar-refractivity contribution is 7.89. The molecule has 0 heterocycles. The SMILES string of the molecule is Cc1ccc(S(=O)(=O)N[C@@H](Cc2ccccc2)C(O)(c2ccccc2)c2ccccc2)cc1. The van der Waals surface area contributed by atoms with Crippen molar-refractivity contribution < 1.29 is 13.5 Å². The van der Waals surface area contributed by atoms with Gasteiger partial charge >= 0.3 is 0 Å².